The van der Waals surface area contributed by atoms with E-state index in [4.69, 9.17) is 5.11 Å². The molecule has 0 unspecified atom stereocenters. The maximum atomic E-state index is 11.6. The second-order valence-electron chi connectivity index (χ2n) is 3.43. The van der Waals surface area contributed by atoms with Crippen molar-refractivity contribution in [3.8, 4) is 0 Å². The van der Waals surface area contributed by atoms with Gasteiger partial charge in [-0.2, -0.15) is 0 Å². The van der Waals surface area contributed by atoms with Crippen LogP contribution >= 0.6 is 34.4 Å². The van der Waals surface area contributed by atoms with Gasteiger partial charge in [-0.1, -0.05) is 6.07 Å². The highest BCUT2D eigenvalue weighted by Gasteiger charge is 2.09. The number of carbonyl (C=O) groups excluding carboxylic acids is 1. The van der Waals surface area contributed by atoms with Gasteiger partial charge in [0.2, 0.25) is 5.91 Å². The number of hydrogen-bond donors (Lipinski definition) is 2. The molecule has 8 heteroatoms. The Morgan fingerprint density at radius 1 is 1.42 bits per heavy atom. The average molecular weight is 314 g/mol. The second-order valence-corrected chi connectivity index (χ2v) is 6.60. The molecule has 0 aliphatic carbocycles. The number of thioether (sulfide) groups is 1. The summed E-state index contributed by atoms with van der Waals surface area (Å²) in [5, 5.41) is 15.4. The largest absolute Gasteiger partial charge is 0.476 e. The first-order valence-corrected chi connectivity index (χ1v) is 8.00. The van der Waals surface area contributed by atoms with Crippen LogP contribution in [-0.4, -0.2) is 27.7 Å². The number of carboxylic acid groups (broad SMARTS) is 1. The molecule has 0 atom stereocenters. The molecule has 19 heavy (non-hydrogen) atoms. The van der Waals surface area contributed by atoms with Gasteiger partial charge < -0.3 is 10.4 Å². The van der Waals surface area contributed by atoms with Crippen molar-refractivity contribution >= 4 is 46.3 Å². The summed E-state index contributed by atoms with van der Waals surface area (Å²) in [6.07, 6.45) is 0. The number of aromatic nitrogens is 1. The van der Waals surface area contributed by atoms with Crippen LogP contribution in [0.3, 0.4) is 0 Å². The molecule has 0 fully saturated rings. The molecule has 0 aromatic carbocycles. The van der Waals surface area contributed by atoms with Crippen molar-refractivity contribution in [1.82, 2.24) is 10.3 Å². The molecule has 2 aromatic heterocycles. The van der Waals surface area contributed by atoms with Gasteiger partial charge in [-0.05, 0) is 11.4 Å². The first-order chi connectivity index (χ1) is 9.15. The lowest BCUT2D eigenvalue weighted by molar-refractivity contribution is -0.118. The van der Waals surface area contributed by atoms with Crippen molar-refractivity contribution in [3.05, 3.63) is 33.6 Å². The molecular weight excluding hydrogens is 304 g/mol. The molecule has 0 aliphatic heterocycles. The second kappa shape index (κ2) is 6.69. The third kappa shape index (κ3) is 4.34. The number of rotatable bonds is 6. The third-order valence-corrected chi connectivity index (χ3v) is 5.03. The number of thiazole rings is 1. The Kier molecular flexibility index (Phi) is 4.94. The van der Waals surface area contributed by atoms with E-state index in [1.54, 1.807) is 11.3 Å². The van der Waals surface area contributed by atoms with E-state index < -0.39 is 5.97 Å². The molecule has 100 valence electrons. The first kappa shape index (κ1) is 14.0. The van der Waals surface area contributed by atoms with Crippen LogP contribution in [0.15, 0.2) is 27.1 Å². The monoisotopic (exact) mass is 314 g/mol. The minimum absolute atomic E-state index is 0.0159. The molecule has 2 N–H and O–H groups in total. The van der Waals surface area contributed by atoms with Crippen LogP contribution in [0.25, 0.3) is 0 Å². The van der Waals surface area contributed by atoms with Crippen molar-refractivity contribution in [3.63, 3.8) is 0 Å². The minimum atomic E-state index is -1.05. The number of hydrogen-bond acceptors (Lipinski definition) is 6. The number of carboxylic acids is 1. The van der Waals surface area contributed by atoms with Gasteiger partial charge in [0.1, 0.15) is 5.01 Å². The smallest absolute Gasteiger partial charge is 0.355 e. The lowest BCUT2D eigenvalue weighted by Gasteiger charge is -2.01. The molecule has 0 saturated carbocycles. The van der Waals surface area contributed by atoms with E-state index in [0.29, 0.717) is 10.8 Å². The molecule has 2 aromatic rings. The quantitative estimate of drug-likeness (QED) is 0.800. The van der Waals surface area contributed by atoms with E-state index in [0.717, 1.165) is 4.21 Å². The zero-order chi connectivity index (χ0) is 13.7. The van der Waals surface area contributed by atoms with Crippen LogP contribution in [-0.2, 0) is 11.3 Å². The predicted octanol–water partition coefficient (Wildman–Crippen LogP) is 2.31. The van der Waals surface area contributed by atoms with E-state index >= 15 is 0 Å². The van der Waals surface area contributed by atoms with Gasteiger partial charge in [-0.3, -0.25) is 4.79 Å². The Morgan fingerprint density at radius 2 is 2.26 bits per heavy atom. The Hall–Kier alpha value is -1.38. The fourth-order valence-corrected chi connectivity index (χ4v) is 3.52. The zero-order valence-corrected chi connectivity index (χ0v) is 12.1. The number of carbonyl (C=O) groups is 2. The summed E-state index contributed by atoms with van der Waals surface area (Å²) in [6.45, 7) is 0.266. The first-order valence-electron chi connectivity index (χ1n) is 5.26. The lowest BCUT2D eigenvalue weighted by atomic mass is 10.5. The fraction of sp³-hybridized carbons (Fsp3) is 0.182. The molecule has 0 aliphatic rings. The van der Waals surface area contributed by atoms with E-state index in [2.05, 4.69) is 10.3 Å². The van der Waals surface area contributed by atoms with Gasteiger partial charge in [0.15, 0.2) is 5.69 Å². The molecule has 0 saturated heterocycles. The lowest BCUT2D eigenvalue weighted by Crippen LogP contribution is -2.24. The van der Waals surface area contributed by atoms with Gasteiger partial charge in [-0.15, -0.1) is 34.4 Å². The summed E-state index contributed by atoms with van der Waals surface area (Å²) >= 11 is 4.29. The zero-order valence-electron chi connectivity index (χ0n) is 9.66. The standard InChI is InChI=1S/C11H10N2O3S3/c14-8(6-19-10-2-1-3-17-10)12-4-9-13-7(5-18-9)11(15)16/h1-3,5H,4,6H2,(H,12,14)(H,15,16). The summed E-state index contributed by atoms with van der Waals surface area (Å²) < 4.78 is 1.09. The number of thiophene rings is 1. The van der Waals surface area contributed by atoms with Crippen LogP contribution in [0, 0.1) is 0 Å². The molecule has 1 amide bonds. The number of amides is 1. The molecule has 2 heterocycles. The third-order valence-electron chi connectivity index (χ3n) is 2.05. The highest BCUT2D eigenvalue weighted by molar-refractivity contribution is 8.01. The van der Waals surface area contributed by atoms with Gasteiger partial charge in [0.05, 0.1) is 16.5 Å². The highest BCUT2D eigenvalue weighted by Crippen LogP contribution is 2.22. The van der Waals surface area contributed by atoms with Crippen LogP contribution in [0.2, 0.25) is 0 Å². The van der Waals surface area contributed by atoms with E-state index in [1.165, 1.54) is 28.5 Å². The van der Waals surface area contributed by atoms with Crippen LogP contribution in [0.5, 0.6) is 0 Å². The Morgan fingerprint density at radius 3 is 2.89 bits per heavy atom. The molecule has 0 bridgehead atoms. The minimum Gasteiger partial charge on any atom is -0.476 e. The highest BCUT2D eigenvalue weighted by atomic mass is 32.2. The molecule has 2 rings (SSSR count). The number of nitrogens with zero attached hydrogens (tertiary/aromatic N) is 1. The van der Waals surface area contributed by atoms with Crippen LogP contribution in [0.1, 0.15) is 15.5 Å². The van der Waals surface area contributed by atoms with Crippen molar-refractivity contribution in [1.29, 1.82) is 0 Å². The molecule has 0 spiro atoms. The van der Waals surface area contributed by atoms with Crippen LogP contribution < -0.4 is 5.32 Å². The van der Waals surface area contributed by atoms with Crippen LogP contribution in [0.4, 0.5) is 0 Å². The van der Waals surface area contributed by atoms with Crippen molar-refractivity contribution in [2.45, 2.75) is 10.8 Å². The van der Waals surface area contributed by atoms with Gasteiger partial charge in [0.25, 0.3) is 0 Å². The molecule has 5 nitrogen and oxygen atoms in total. The van der Waals surface area contributed by atoms with Crippen molar-refractivity contribution < 1.29 is 14.7 Å². The Bertz CT molecular complexity index is 566. The molecular formula is C11H10N2O3S3. The summed E-state index contributed by atoms with van der Waals surface area (Å²) in [5.74, 6) is -0.801. The van der Waals surface area contributed by atoms with Gasteiger partial charge >= 0.3 is 5.97 Å². The topological polar surface area (TPSA) is 79.3 Å². The van der Waals surface area contributed by atoms with Gasteiger partial charge in [0, 0.05) is 5.38 Å². The summed E-state index contributed by atoms with van der Waals surface area (Å²) in [4.78, 5) is 26.1. The Balaban J connectivity index is 1.75. The number of aromatic carboxylic acids is 1. The SMILES string of the molecule is O=C(CSc1cccs1)NCc1nc(C(=O)O)cs1. The fourth-order valence-electron chi connectivity index (χ4n) is 1.20. The maximum Gasteiger partial charge on any atom is 0.355 e. The normalized spacial score (nSPS) is 10.3. The summed E-state index contributed by atoms with van der Waals surface area (Å²) in [7, 11) is 0. The maximum absolute atomic E-state index is 11.6. The predicted molar refractivity (Wildman–Crippen MR) is 76.0 cm³/mol. The van der Waals surface area contributed by atoms with E-state index in [9.17, 15) is 9.59 Å². The summed E-state index contributed by atoms with van der Waals surface area (Å²) in [5.41, 5.74) is 0.0159. The van der Waals surface area contributed by atoms with Crippen molar-refractivity contribution in [2.75, 3.05) is 5.75 Å². The van der Waals surface area contributed by atoms with Crippen molar-refractivity contribution in [2.24, 2.45) is 0 Å². The Labute approximate surface area is 121 Å². The molecule has 0 radical (unpaired) electrons. The summed E-state index contributed by atoms with van der Waals surface area (Å²) in [6, 6.07) is 3.90. The average Bonchev–Trinajstić information content (AvgIpc) is 3.05. The van der Waals surface area contributed by atoms with Gasteiger partial charge in [-0.25, -0.2) is 9.78 Å². The van der Waals surface area contributed by atoms with E-state index in [1.807, 2.05) is 17.5 Å². The number of nitrogens with one attached hydrogen (secondary N) is 1. The van der Waals surface area contributed by atoms with E-state index in [-0.39, 0.29) is 18.1 Å².